The van der Waals surface area contributed by atoms with E-state index in [1.54, 1.807) is 36.4 Å². The van der Waals surface area contributed by atoms with Crippen molar-refractivity contribution in [1.82, 2.24) is 0 Å². The predicted molar refractivity (Wildman–Crippen MR) is 137 cm³/mol. The lowest BCUT2D eigenvalue weighted by Gasteiger charge is -2.39. The molecule has 2 aliphatic heterocycles. The molecule has 2 N–H and O–H groups in total. The molecule has 2 aliphatic rings. The van der Waals surface area contributed by atoms with Gasteiger partial charge in [-0.1, -0.05) is 37.3 Å². The van der Waals surface area contributed by atoms with Gasteiger partial charge >= 0.3 is 11.9 Å². The minimum Gasteiger partial charge on any atom is -0.466 e. The van der Waals surface area contributed by atoms with Crippen LogP contribution in [0.1, 0.15) is 31.2 Å². The van der Waals surface area contributed by atoms with Crippen molar-refractivity contribution < 1.29 is 23.5 Å². The van der Waals surface area contributed by atoms with E-state index < -0.39 is 23.7 Å². The first kappa shape index (κ1) is 25.8. The van der Waals surface area contributed by atoms with Gasteiger partial charge in [0.15, 0.2) is 0 Å². The molecule has 0 radical (unpaired) electrons. The molecule has 9 heteroatoms. The van der Waals surface area contributed by atoms with Crippen LogP contribution in [0.25, 0.3) is 0 Å². The molecule has 1 saturated heterocycles. The number of carbonyl (C=O) groups excluding carboxylic acids is 2. The highest BCUT2D eigenvalue weighted by Gasteiger charge is 2.43. The molecule has 1 unspecified atom stereocenters. The summed E-state index contributed by atoms with van der Waals surface area (Å²) in [6, 6.07) is 15.1. The molecule has 0 aliphatic carbocycles. The maximum atomic E-state index is 14.7. The Kier molecular flexibility index (Phi) is 7.48. The molecule has 192 valence electrons. The zero-order chi connectivity index (χ0) is 26.7. The number of anilines is 2. The molecular weight excluding hydrogens is 475 g/mol. The first-order valence-corrected chi connectivity index (χ1v) is 12.0. The van der Waals surface area contributed by atoms with E-state index in [-0.39, 0.29) is 28.4 Å². The third kappa shape index (κ3) is 4.75. The molecular formula is C28H29FN4O4. The molecule has 2 heterocycles. The third-order valence-electron chi connectivity index (χ3n) is 6.91. The second-order valence-corrected chi connectivity index (χ2v) is 9.14. The number of piperidine rings is 1. The lowest BCUT2D eigenvalue weighted by Crippen LogP contribution is -2.42. The van der Waals surface area contributed by atoms with Gasteiger partial charge in [0.1, 0.15) is 17.3 Å². The van der Waals surface area contributed by atoms with E-state index >= 15 is 0 Å². The fourth-order valence-corrected chi connectivity index (χ4v) is 4.96. The van der Waals surface area contributed by atoms with Crippen molar-refractivity contribution in [2.24, 2.45) is 11.7 Å². The number of allylic oxidation sites excluding steroid dienone is 1. The standard InChI is InChI=1S/C28H29FN4O4/c1-17-11-13-32(14-12-17)21-10-9-19(29)15-22(21)33-25(28(35)37-3)24(27(34)36-2)23(20(16-30)26(33)31)18-7-5-4-6-8-18/h4-10,15,17,23H,11-14,31H2,1-3H3. The molecule has 0 aromatic heterocycles. The van der Waals surface area contributed by atoms with E-state index in [0.717, 1.165) is 25.9 Å². The monoisotopic (exact) mass is 504 g/mol. The highest BCUT2D eigenvalue weighted by atomic mass is 19.1. The van der Waals surface area contributed by atoms with Crippen LogP contribution in [0.15, 0.2) is 71.2 Å². The Bertz CT molecular complexity index is 1310. The van der Waals surface area contributed by atoms with E-state index in [9.17, 15) is 19.2 Å². The van der Waals surface area contributed by atoms with E-state index in [0.29, 0.717) is 17.2 Å². The van der Waals surface area contributed by atoms with Crippen molar-refractivity contribution in [3.63, 3.8) is 0 Å². The summed E-state index contributed by atoms with van der Waals surface area (Å²) in [4.78, 5) is 29.9. The second-order valence-electron chi connectivity index (χ2n) is 9.14. The Hall–Kier alpha value is -4.32. The molecule has 4 rings (SSSR count). The summed E-state index contributed by atoms with van der Waals surface area (Å²) in [5, 5.41) is 10.2. The van der Waals surface area contributed by atoms with E-state index in [4.69, 9.17) is 15.2 Å². The average Bonchev–Trinajstić information content (AvgIpc) is 2.92. The first-order valence-electron chi connectivity index (χ1n) is 12.0. The van der Waals surface area contributed by atoms with Gasteiger partial charge in [-0.25, -0.2) is 14.0 Å². The quantitative estimate of drug-likeness (QED) is 0.610. The van der Waals surface area contributed by atoms with E-state index in [1.165, 1.54) is 31.3 Å². The molecule has 8 nitrogen and oxygen atoms in total. The smallest absolute Gasteiger partial charge is 0.355 e. The van der Waals surface area contributed by atoms with Crippen LogP contribution in [0, 0.1) is 23.1 Å². The summed E-state index contributed by atoms with van der Waals surface area (Å²) in [6.45, 7) is 3.62. The van der Waals surface area contributed by atoms with Gasteiger partial charge in [-0.2, -0.15) is 5.26 Å². The maximum Gasteiger partial charge on any atom is 0.355 e. The summed E-state index contributed by atoms with van der Waals surface area (Å²) in [5.41, 5.74) is 7.70. The highest BCUT2D eigenvalue weighted by Crippen LogP contribution is 2.45. The van der Waals surface area contributed by atoms with E-state index in [2.05, 4.69) is 17.9 Å². The number of methoxy groups -OCH3 is 2. The van der Waals surface area contributed by atoms with Crippen LogP contribution in [-0.4, -0.2) is 39.2 Å². The maximum absolute atomic E-state index is 14.7. The third-order valence-corrected chi connectivity index (χ3v) is 6.91. The number of nitrogens with two attached hydrogens (primary N) is 1. The Labute approximate surface area is 215 Å². The number of hydrogen-bond donors (Lipinski definition) is 1. The summed E-state index contributed by atoms with van der Waals surface area (Å²) in [5.74, 6) is -2.80. The van der Waals surface area contributed by atoms with Gasteiger partial charge in [0.2, 0.25) is 0 Å². The minimum absolute atomic E-state index is 0.0294. The van der Waals surface area contributed by atoms with Gasteiger partial charge in [-0.05, 0) is 36.5 Å². The fourth-order valence-electron chi connectivity index (χ4n) is 4.96. The van der Waals surface area contributed by atoms with Crippen molar-refractivity contribution in [2.75, 3.05) is 37.1 Å². The van der Waals surface area contributed by atoms with Gasteiger partial charge in [0.05, 0.1) is 48.7 Å². The highest BCUT2D eigenvalue weighted by molar-refractivity contribution is 6.07. The van der Waals surface area contributed by atoms with E-state index in [1.807, 2.05) is 0 Å². The van der Waals surface area contributed by atoms with Crippen LogP contribution in [0.4, 0.5) is 15.8 Å². The molecule has 1 atom stereocenters. The number of halogens is 1. The van der Waals surface area contributed by atoms with Gasteiger partial charge < -0.3 is 20.1 Å². The predicted octanol–water partition coefficient (Wildman–Crippen LogP) is 3.96. The van der Waals surface area contributed by atoms with Crippen molar-refractivity contribution in [1.29, 1.82) is 5.26 Å². The molecule has 2 aromatic carbocycles. The van der Waals surface area contributed by atoms with Crippen molar-refractivity contribution in [2.45, 2.75) is 25.7 Å². The number of ether oxygens (including phenoxy) is 2. The lowest BCUT2D eigenvalue weighted by atomic mass is 9.81. The molecule has 1 fully saturated rings. The van der Waals surface area contributed by atoms with Crippen LogP contribution in [-0.2, 0) is 19.1 Å². The number of nitriles is 1. The Morgan fingerprint density at radius 2 is 1.68 bits per heavy atom. The van der Waals surface area contributed by atoms with Crippen LogP contribution >= 0.6 is 0 Å². The normalized spacial score (nSPS) is 18.5. The van der Waals surface area contributed by atoms with Crippen molar-refractivity contribution in [3.8, 4) is 6.07 Å². The second kappa shape index (κ2) is 10.7. The van der Waals surface area contributed by atoms with Crippen LogP contribution in [0.5, 0.6) is 0 Å². The Morgan fingerprint density at radius 3 is 2.27 bits per heavy atom. The van der Waals surface area contributed by atoms with Crippen LogP contribution in [0.2, 0.25) is 0 Å². The fraction of sp³-hybridized carbons (Fsp3) is 0.321. The zero-order valence-corrected chi connectivity index (χ0v) is 21.0. The number of esters is 2. The summed E-state index contributed by atoms with van der Waals surface area (Å²) >= 11 is 0. The first-order chi connectivity index (χ1) is 17.8. The molecule has 37 heavy (non-hydrogen) atoms. The number of rotatable bonds is 5. The zero-order valence-electron chi connectivity index (χ0n) is 21.0. The number of carbonyl (C=O) groups is 2. The summed E-state index contributed by atoms with van der Waals surface area (Å²) < 4.78 is 24.9. The molecule has 0 amide bonds. The molecule has 0 spiro atoms. The molecule has 2 aromatic rings. The topological polar surface area (TPSA) is 109 Å². The van der Waals surface area contributed by atoms with Gasteiger partial charge in [-0.3, -0.25) is 4.90 Å². The number of hydrogen-bond acceptors (Lipinski definition) is 8. The summed E-state index contributed by atoms with van der Waals surface area (Å²) in [7, 11) is 2.37. The molecule has 0 saturated carbocycles. The van der Waals surface area contributed by atoms with Crippen molar-refractivity contribution >= 4 is 23.3 Å². The van der Waals surface area contributed by atoms with Crippen LogP contribution in [0.3, 0.4) is 0 Å². The average molecular weight is 505 g/mol. The lowest BCUT2D eigenvalue weighted by molar-refractivity contribution is -0.139. The Balaban J connectivity index is 2.03. The van der Waals surface area contributed by atoms with Crippen LogP contribution < -0.4 is 15.5 Å². The van der Waals surface area contributed by atoms with Gasteiger partial charge in [-0.15, -0.1) is 0 Å². The number of benzene rings is 2. The van der Waals surface area contributed by atoms with Gasteiger partial charge in [0, 0.05) is 19.2 Å². The Morgan fingerprint density at radius 1 is 1.03 bits per heavy atom. The largest absolute Gasteiger partial charge is 0.466 e. The number of nitrogens with zero attached hydrogens (tertiary/aromatic N) is 3. The SMILES string of the molecule is COC(=O)C1=C(C(=O)OC)N(c2cc(F)ccc2N2CCC(C)CC2)C(N)=C(C#N)C1c1ccccc1. The van der Waals surface area contributed by atoms with Crippen molar-refractivity contribution in [3.05, 3.63) is 82.6 Å². The minimum atomic E-state index is -0.989. The molecule has 0 bridgehead atoms. The van der Waals surface area contributed by atoms with Gasteiger partial charge in [0.25, 0.3) is 0 Å². The summed E-state index contributed by atoms with van der Waals surface area (Å²) in [6.07, 6.45) is 1.88.